The highest BCUT2D eigenvalue weighted by Gasteiger charge is 2.12. The molecule has 0 spiro atoms. The van der Waals surface area contributed by atoms with Crippen molar-refractivity contribution in [2.45, 2.75) is 39.7 Å². The first kappa shape index (κ1) is 14.0. The highest BCUT2D eigenvalue weighted by atomic mass is 14.9. The molecule has 1 unspecified atom stereocenters. The van der Waals surface area contributed by atoms with E-state index in [1.165, 1.54) is 16.3 Å². The highest BCUT2D eigenvalue weighted by Crippen LogP contribution is 2.20. The Labute approximate surface area is 116 Å². The highest BCUT2D eigenvalue weighted by molar-refractivity contribution is 5.84. The van der Waals surface area contributed by atoms with Gasteiger partial charge in [-0.25, -0.2) is 0 Å². The fourth-order valence-corrected chi connectivity index (χ4v) is 2.28. The monoisotopic (exact) mass is 256 g/mol. The van der Waals surface area contributed by atoms with Gasteiger partial charge in [-0.1, -0.05) is 25.1 Å². The fraction of sp³-hybridized carbons (Fsp3) is 0.471. The van der Waals surface area contributed by atoms with E-state index in [0.717, 1.165) is 13.0 Å². The van der Waals surface area contributed by atoms with Gasteiger partial charge >= 0.3 is 0 Å². The average Bonchev–Trinajstić information content (AvgIpc) is 2.36. The number of hydrogen-bond donors (Lipinski definition) is 1. The maximum Gasteiger partial charge on any atom is 0.0349 e. The van der Waals surface area contributed by atoms with Crippen molar-refractivity contribution in [1.29, 1.82) is 0 Å². The first-order valence-electron chi connectivity index (χ1n) is 7.02. The molecule has 1 aromatic heterocycles. The predicted octanol–water partition coefficient (Wildman–Crippen LogP) is 3.80. The minimum atomic E-state index is 0.189. The summed E-state index contributed by atoms with van der Waals surface area (Å²) in [6.45, 7) is 9.97. The molecule has 0 saturated carbocycles. The van der Waals surface area contributed by atoms with Crippen LogP contribution in [0.3, 0.4) is 0 Å². The standard InChI is InChI=1S/C17H24N2/c1-13(11-19-17(2,3)4)10-15-7-5-6-14-8-9-18-12-16(14)15/h5-9,12-13,19H,10-11H2,1-4H3. The Hall–Kier alpha value is -1.41. The lowest BCUT2D eigenvalue weighted by atomic mass is 9.96. The predicted molar refractivity (Wildman–Crippen MR) is 82.4 cm³/mol. The molecule has 0 fully saturated rings. The summed E-state index contributed by atoms with van der Waals surface area (Å²) in [5, 5.41) is 6.14. The molecule has 19 heavy (non-hydrogen) atoms. The van der Waals surface area contributed by atoms with Crippen molar-refractivity contribution in [2.24, 2.45) is 5.92 Å². The van der Waals surface area contributed by atoms with Gasteiger partial charge in [0, 0.05) is 23.3 Å². The van der Waals surface area contributed by atoms with E-state index in [-0.39, 0.29) is 5.54 Å². The molecule has 1 heterocycles. The summed E-state index contributed by atoms with van der Waals surface area (Å²) < 4.78 is 0. The van der Waals surface area contributed by atoms with E-state index in [2.05, 4.69) is 62.3 Å². The minimum Gasteiger partial charge on any atom is -0.312 e. The van der Waals surface area contributed by atoms with E-state index in [1.807, 2.05) is 12.4 Å². The van der Waals surface area contributed by atoms with Crippen LogP contribution in [0.4, 0.5) is 0 Å². The Morgan fingerprint density at radius 3 is 2.74 bits per heavy atom. The van der Waals surface area contributed by atoms with Gasteiger partial charge in [-0.05, 0) is 56.7 Å². The van der Waals surface area contributed by atoms with Crippen LogP contribution in [0.25, 0.3) is 10.8 Å². The molecular formula is C17H24N2. The Kier molecular flexibility index (Phi) is 4.20. The number of fused-ring (bicyclic) bond motifs is 1. The maximum atomic E-state index is 4.25. The van der Waals surface area contributed by atoms with Crippen LogP contribution in [0.5, 0.6) is 0 Å². The third-order valence-electron chi connectivity index (χ3n) is 3.32. The lowest BCUT2D eigenvalue weighted by molar-refractivity contribution is 0.382. The van der Waals surface area contributed by atoms with E-state index in [1.54, 1.807) is 0 Å². The molecule has 2 aromatic rings. The summed E-state index contributed by atoms with van der Waals surface area (Å²) >= 11 is 0. The summed E-state index contributed by atoms with van der Waals surface area (Å²) in [7, 11) is 0. The quantitative estimate of drug-likeness (QED) is 0.900. The third kappa shape index (κ3) is 4.03. The first-order valence-corrected chi connectivity index (χ1v) is 7.02. The molecule has 0 radical (unpaired) electrons. The van der Waals surface area contributed by atoms with E-state index in [0.29, 0.717) is 5.92 Å². The lowest BCUT2D eigenvalue weighted by Gasteiger charge is -2.23. The molecule has 1 aromatic carbocycles. The van der Waals surface area contributed by atoms with Crippen molar-refractivity contribution in [2.75, 3.05) is 6.54 Å². The number of nitrogens with zero attached hydrogens (tertiary/aromatic N) is 1. The zero-order chi connectivity index (χ0) is 13.9. The van der Waals surface area contributed by atoms with Gasteiger partial charge in [-0.2, -0.15) is 0 Å². The van der Waals surface area contributed by atoms with Crippen molar-refractivity contribution < 1.29 is 0 Å². The smallest absolute Gasteiger partial charge is 0.0349 e. The van der Waals surface area contributed by atoms with Crippen LogP contribution in [-0.2, 0) is 6.42 Å². The second-order valence-electron chi connectivity index (χ2n) is 6.45. The molecule has 2 heteroatoms. The van der Waals surface area contributed by atoms with E-state index in [9.17, 15) is 0 Å². The molecule has 0 aliphatic rings. The van der Waals surface area contributed by atoms with Crippen LogP contribution in [0, 0.1) is 5.92 Å². The van der Waals surface area contributed by atoms with Gasteiger partial charge in [0.1, 0.15) is 0 Å². The molecule has 0 amide bonds. The van der Waals surface area contributed by atoms with Crippen molar-refractivity contribution in [3.63, 3.8) is 0 Å². The van der Waals surface area contributed by atoms with Crippen LogP contribution in [0.1, 0.15) is 33.3 Å². The van der Waals surface area contributed by atoms with Gasteiger partial charge in [-0.15, -0.1) is 0 Å². The Morgan fingerprint density at radius 1 is 1.21 bits per heavy atom. The largest absolute Gasteiger partial charge is 0.312 e. The van der Waals surface area contributed by atoms with Crippen LogP contribution >= 0.6 is 0 Å². The molecule has 1 atom stereocenters. The third-order valence-corrected chi connectivity index (χ3v) is 3.32. The molecule has 0 aliphatic carbocycles. The second kappa shape index (κ2) is 5.70. The SMILES string of the molecule is CC(CNC(C)(C)C)Cc1cccc2ccncc12. The summed E-state index contributed by atoms with van der Waals surface area (Å²) in [4.78, 5) is 4.25. The van der Waals surface area contributed by atoms with Crippen molar-refractivity contribution in [3.05, 3.63) is 42.2 Å². The molecular weight excluding hydrogens is 232 g/mol. The Bertz CT molecular complexity index is 535. The summed E-state index contributed by atoms with van der Waals surface area (Å²) in [5.74, 6) is 0.616. The molecule has 0 aliphatic heterocycles. The Morgan fingerprint density at radius 2 is 2.00 bits per heavy atom. The molecule has 1 N–H and O–H groups in total. The van der Waals surface area contributed by atoms with E-state index in [4.69, 9.17) is 0 Å². The second-order valence-corrected chi connectivity index (χ2v) is 6.45. The van der Waals surface area contributed by atoms with E-state index < -0.39 is 0 Å². The van der Waals surface area contributed by atoms with Crippen molar-refractivity contribution >= 4 is 10.8 Å². The van der Waals surface area contributed by atoms with Crippen molar-refractivity contribution in [1.82, 2.24) is 10.3 Å². The van der Waals surface area contributed by atoms with Crippen LogP contribution in [0.15, 0.2) is 36.7 Å². The van der Waals surface area contributed by atoms with Gasteiger partial charge in [-0.3, -0.25) is 4.98 Å². The first-order chi connectivity index (χ1) is 8.96. The van der Waals surface area contributed by atoms with Crippen molar-refractivity contribution in [3.8, 4) is 0 Å². The van der Waals surface area contributed by atoms with Crippen LogP contribution in [-0.4, -0.2) is 17.1 Å². The fourth-order valence-electron chi connectivity index (χ4n) is 2.28. The van der Waals surface area contributed by atoms with Gasteiger partial charge in [0.15, 0.2) is 0 Å². The molecule has 102 valence electrons. The number of rotatable bonds is 4. The van der Waals surface area contributed by atoms with Gasteiger partial charge in [0.05, 0.1) is 0 Å². The number of nitrogens with one attached hydrogen (secondary N) is 1. The Balaban J connectivity index is 2.09. The number of aromatic nitrogens is 1. The average molecular weight is 256 g/mol. The number of benzene rings is 1. The summed E-state index contributed by atoms with van der Waals surface area (Å²) in [5.41, 5.74) is 1.59. The normalized spacial score (nSPS) is 13.7. The zero-order valence-electron chi connectivity index (χ0n) is 12.4. The van der Waals surface area contributed by atoms with Crippen LogP contribution in [0.2, 0.25) is 0 Å². The lowest BCUT2D eigenvalue weighted by Crippen LogP contribution is -2.39. The van der Waals surface area contributed by atoms with Gasteiger partial charge in [0.25, 0.3) is 0 Å². The van der Waals surface area contributed by atoms with E-state index >= 15 is 0 Å². The molecule has 2 rings (SSSR count). The number of hydrogen-bond acceptors (Lipinski definition) is 2. The number of pyridine rings is 1. The summed E-state index contributed by atoms with van der Waals surface area (Å²) in [6, 6.07) is 8.59. The summed E-state index contributed by atoms with van der Waals surface area (Å²) in [6.07, 6.45) is 4.93. The zero-order valence-corrected chi connectivity index (χ0v) is 12.4. The molecule has 2 nitrogen and oxygen atoms in total. The maximum absolute atomic E-state index is 4.25. The molecule has 0 saturated heterocycles. The minimum absolute atomic E-state index is 0.189. The van der Waals surface area contributed by atoms with Crippen LogP contribution < -0.4 is 5.32 Å². The molecule has 0 bridgehead atoms. The van der Waals surface area contributed by atoms with Gasteiger partial charge < -0.3 is 5.32 Å². The topological polar surface area (TPSA) is 24.9 Å². The van der Waals surface area contributed by atoms with Gasteiger partial charge in [0.2, 0.25) is 0 Å².